The third-order valence-corrected chi connectivity index (χ3v) is 1.20. The lowest BCUT2D eigenvalue weighted by molar-refractivity contribution is -0.120. The van der Waals surface area contributed by atoms with Crippen LogP contribution in [-0.4, -0.2) is 21.8 Å². The zero-order valence-electron chi connectivity index (χ0n) is 5.89. The molecule has 0 aliphatic carbocycles. The van der Waals surface area contributed by atoms with Crippen LogP contribution in [0.2, 0.25) is 0 Å². The van der Waals surface area contributed by atoms with E-state index in [-0.39, 0.29) is 18.0 Å². The first kappa shape index (κ1) is 8.19. The molecule has 3 N–H and O–H groups in total. The van der Waals surface area contributed by atoms with Gasteiger partial charge in [0.25, 0.3) is 6.47 Å². The van der Waals surface area contributed by atoms with E-state index in [1.54, 1.807) is 0 Å². The summed E-state index contributed by atoms with van der Waals surface area (Å²) in [6.07, 6.45) is 0. The zero-order valence-corrected chi connectivity index (χ0v) is 5.89. The summed E-state index contributed by atoms with van der Waals surface area (Å²) in [5, 5.41) is 26.8. The molecule has 0 radical (unpaired) electrons. The Hall–Kier alpha value is -1.91. The normalized spacial score (nSPS) is 9.33. The fraction of sp³-hybridized carbons (Fsp3) is 0. The Bertz CT molecular complexity index is 284. The molecular weight excluding hydrogens is 164 g/mol. The molecule has 0 saturated carbocycles. The van der Waals surface area contributed by atoms with Gasteiger partial charge >= 0.3 is 0 Å². The maximum Gasteiger partial charge on any atom is 0.298 e. The van der Waals surface area contributed by atoms with E-state index in [4.69, 9.17) is 15.3 Å². The van der Waals surface area contributed by atoms with E-state index in [2.05, 4.69) is 4.74 Å². The zero-order chi connectivity index (χ0) is 9.14. The largest absolute Gasteiger partial charge is 0.508 e. The van der Waals surface area contributed by atoms with E-state index in [1.165, 1.54) is 0 Å². The van der Waals surface area contributed by atoms with Gasteiger partial charge in [-0.2, -0.15) is 0 Å². The highest BCUT2D eigenvalue weighted by Crippen LogP contribution is 2.38. The summed E-state index contributed by atoms with van der Waals surface area (Å²) in [7, 11) is 0. The van der Waals surface area contributed by atoms with Crippen LogP contribution in [0, 0.1) is 0 Å². The smallest absolute Gasteiger partial charge is 0.298 e. The van der Waals surface area contributed by atoms with Crippen LogP contribution in [-0.2, 0) is 4.79 Å². The van der Waals surface area contributed by atoms with E-state index in [0.29, 0.717) is 0 Å². The standard InChI is InChI=1S/C7H6O5/c8-3-12-7-5(10)1-4(9)2-6(7)11/h1-3,9-11H. The molecule has 1 aromatic carbocycles. The van der Waals surface area contributed by atoms with Gasteiger partial charge in [0.15, 0.2) is 11.5 Å². The lowest BCUT2D eigenvalue weighted by Crippen LogP contribution is -1.89. The predicted molar refractivity (Wildman–Crippen MR) is 38.1 cm³/mol. The van der Waals surface area contributed by atoms with Crippen molar-refractivity contribution in [1.82, 2.24) is 0 Å². The topological polar surface area (TPSA) is 87.0 Å². The number of phenols is 3. The first-order valence-corrected chi connectivity index (χ1v) is 3.00. The van der Waals surface area contributed by atoms with Gasteiger partial charge in [-0.25, -0.2) is 0 Å². The van der Waals surface area contributed by atoms with E-state index in [9.17, 15) is 4.79 Å². The van der Waals surface area contributed by atoms with E-state index in [0.717, 1.165) is 12.1 Å². The Morgan fingerprint density at radius 2 is 1.67 bits per heavy atom. The Morgan fingerprint density at radius 3 is 2.08 bits per heavy atom. The number of carbonyl (C=O) groups is 1. The molecule has 0 aliphatic heterocycles. The number of ether oxygens (including phenoxy) is 1. The molecule has 5 nitrogen and oxygen atoms in total. The van der Waals surface area contributed by atoms with Crippen LogP contribution >= 0.6 is 0 Å². The van der Waals surface area contributed by atoms with Crippen molar-refractivity contribution in [2.24, 2.45) is 0 Å². The summed E-state index contributed by atoms with van der Waals surface area (Å²) in [5.41, 5.74) is 0. The average Bonchev–Trinajstić information content (AvgIpc) is 1.96. The third kappa shape index (κ3) is 1.39. The molecule has 0 heterocycles. The summed E-state index contributed by atoms with van der Waals surface area (Å²) >= 11 is 0. The van der Waals surface area contributed by atoms with Crippen LogP contribution in [0.5, 0.6) is 23.0 Å². The molecule has 64 valence electrons. The van der Waals surface area contributed by atoms with Crippen LogP contribution in [0.15, 0.2) is 12.1 Å². The Labute approximate surface area is 67.5 Å². The average molecular weight is 170 g/mol. The highest BCUT2D eigenvalue weighted by molar-refractivity contribution is 5.59. The number of rotatable bonds is 2. The van der Waals surface area contributed by atoms with Crippen molar-refractivity contribution in [3.05, 3.63) is 12.1 Å². The van der Waals surface area contributed by atoms with Gasteiger partial charge in [0.05, 0.1) is 0 Å². The molecule has 0 amide bonds. The Morgan fingerprint density at radius 1 is 1.17 bits per heavy atom. The molecule has 0 bridgehead atoms. The number of hydrogen-bond acceptors (Lipinski definition) is 5. The van der Waals surface area contributed by atoms with Crippen LogP contribution < -0.4 is 4.74 Å². The van der Waals surface area contributed by atoms with Crippen LogP contribution in [0.1, 0.15) is 0 Å². The second-order valence-electron chi connectivity index (χ2n) is 2.03. The monoisotopic (exact) mass is 170 g/mol. The Balaban J connectivity index is 3.18. The maximum absolute atomic E-state index is 9.86. The van der Waals surface area contributed by atoms with Gasteiger partial charge in [-0.1, -0.05) is 0 Å². The van der Waals surface area contributed by atoms with Gasteiger partial charge in [-0.3, -0.25) is 4.79 Å². The quantitative estimate of drug-likeness (QED) is 0.557. The number of phenolic OH excluding ortho intramolecular Hbond substituents is 3. The minimum Gasteiger partial charge on any atom is -0.508 e. The van der Waals surface area contributed by atoms with Crippen molar-refractivity contribution >= 4 is 6.47 Å². The third-order valence-electron chi connectivity index (χ3n) is 1.20. The van der Waals surface area contributed by atoms with Crippen molar-refractivity contribution < 1.29 is 24.9 Å². The van der Waals surface area contributed by atoms with Crippen molar-refractivity contribution in [2.45, 2.75) is 0 Å². The summed E-state index contributed by atoms with van der Waals surface area (Å²) < 4.78 is 4.23. The SMILES string of the molecule is O=COc1c(O)cc(O)cc1O. The summed E-state index contributed by atoms with van der Waals surface area (Å²) in [6.45, 7) is 0.0613. The second-order valence-corrected chi connectivity index (χ2v) is 2.03. The molecule has 0 saturated heterocycles. The molecule has 5 heteroatoms. The van der Waals surface area contributed by atoms with Gasteiger partial charge in [0.1, 0.15) is 5.75 Å². The first-order chi connectivity index (χ1) is 5.65. The molecule has 0 unspecified atom stereocenters. The van der Waals surface area contributed by atoms with Crippen LogP contribution in [0.4, 0.5) is 0 Å². The Kier molecular flexibility index (Phi) is 2.05. The van der Waals surface area contributed by atoms with E-state index in [1.807, 2.05) is 0 Å². The van der Waals surface area contributed by atoms with Crippen molar-refractivity contribution in [2.75, 3.05) is 0 Å². The van der Waals surface area contributed by atoms with Gasteiger partial charge in [-0.15, -0.1) is 0 Å². The molecule has 1 aromatic rings. The number of aromatic hydroxyl groups is 3. The van der Waals surface area contributed by atoms with Crippen molar-refractivity contribution in [1.29, 1.82) is 0 Å². The molecule has 1 rings (SSSR count). The summed E-state index contributed by atoms with van der Waals surface area (Å²) in [5.74, 6) is -1.69. The summed E-state index contributed by atoms with van der Waals surface area (Å²) in [4.78, 5) is 9.86. The fourth-order valence-electron chi connectivity index (χ4n) is 0.753. The maximum atomic E-state index is 9.86. The van der Waals surface area contributed by atoms with Crippen LogP contribution in [0.3, 0.4) is 0 Å². The van der Waals surface area contributed by atoms with Gasteiger partial charge in [-0.05, 0) is 0 Å². The predicted octanol–water partition coefficient (Wildman–Crippen LogP) is 0.339. The van der Waals surface area contributed by atoms with E-state index >= 15 is 0 Å². The highest BCUT2D eigenvalue weighted by atomic mass is 16.5. The lowest BCUT2D eigenvalue weighted by atomic mass is 10.3. The van der Waals surface area contributed by atoms with Crippen molar-refractivity contribution in [3.63, 3.8) is 0 Å². The van der Waals surface area contributed by atoms with Gasteiger partial charge in [0.2, 0.25) is 5.75 Å². The number of hydrogen-bond donors (Lipinski definition) is 3. The minimum atomic E-state index is -0.500. The second kappa shape index (κ2) is 3.00. The molecule has 0 aromatic heterocycles. The van der Waals surface area contributed by atoms with Crippen molar-refractivity contribution in [3.8, 4) is 23.0 Å². The van der Waals surface area contributed by atoms with E-state index < -0.39 is 11.5 Å². The van der Waals surface area contributed by atoms with Gasteiger partial charge in [0, 0.05) is 12.1 Å². The molecular formula is C7H6O5. The highest BCUT2D eigenvalue weighted by Gasteiger charge is 2.10. The number of carbonyl (C=O) groups excluding carboxylic acids is 1. The van der Waals surface area contributed by atoms with Gasteiger partial charge < -0.3 is 20.1 Å². The molecule has 0 atom stereocenters. The minimum absolute atomic E-state index is 0.0613. The van der Waals surface area contributed by atoms with Crippen LogP contribution in [0.25, 0.3) is 0 Å². The molecule has 0 aliphatic rings. The summed E-state index contributed by atoms with van der Waals surface area (Å²) in [6, 6.07) is 1.89. The first-order valence-electron chi connectivity index (χ1n) is 3.00. The molecule has 12 heavy (non-hydrogen) atoms. The fourth-order valence-corrected chi connectivity index (χ4v) is 0.753. The molecule has 0 fully saturated rings. The lowest BCUT2D eigenvalue weighted by Gasteiger charge is -2.03. The molecule has 0 spiro atoms. The number of benzene rings is 1.